The summed E-state index contributed by atoms with van der Waals surface area (Å²) in [5.74, 6) is -0.0381. The Morgan fingerprint density at radius 2 is 2.05 bits per heavy atom. The monoisotopic (exact) mass is 265 g/mol. The first-order valence-electron chi connectivity index (χ1n) is 6.26. The van der Waals surface area contributed by atoms with Crippen LogP contribution in [0.5, 0.6) is 0 Å². The fourth-order valence-corrected chi connectivity index (χ4v) is 2.15. The van der Waals surface area contributed by atoms with Crippen molar-refractivity contribution in [3.8, 4) is 0 Å². The first-order valence-corrected chi connectivity index (χ1v) is 6.26. The van der Waals surface area contributed by atoms with Crippen LogP contribution in [0.4, 0.5) is 0 Å². The predicted molar refractivity (Wildman–Crippen MR) is 70.4 cm³/mol. The van der Waals surface area contributed by atoms with Crippen molar-refractivity contribution in [2.45, 2.75) is 12.5 Å². The maximum Gasteiger partial charge on any atom is 0.225 e. The highest BCUT2D eigenvalue weighted by Gasteiger charge is 2.23. The Labute approximate surface area is 111 Å². The van der Waals surface area contributed by atoms with E-state index < -0.39 is 6.10 Å². The number of hydrogen-bond donors (Lipinski definition) is 4. The lowest BCUT2D eigenvalue weighted by molar-refractivity contribution is -0.134. The summed E-state index contributed by atoms with van der Waals surface area (Å²) in [5, 5.41) is 17.2. The lowest BCUT2D eigenvalue weighted by Gasteiger charge is -2.35. The van der Waals surface area contributed by atoms with Gasteiger partial charge in [0, 0.05) is 38.1 Å². The fourth-order valence-electron chi connectivity index (χ4n) is 2.15. The van der Waals surface area contributed by atoms with Crippen molar-refractivity contribution in [1.29, 1.82) is 5.41 Å². The van der Waals surface area contributed by atoms with Crippen molar-refractivity contribution in [3.05, 3.63) is 24.0 Å². The molecule has 0 spiro atoms. The van der Waals surface area contributed by atoms with Gasteiger partial charge in [0.05, 0.1) is 6.42 Å². The predicted octanol–water partition coefficient (Wildman–Crippen LogP) is -0.524. The van der Waals surface area contributed by atoms with E-state index in [0.29, 0.717) is 31.9 Å². The Hall–Kier alpha value is -2.02. The molecule has 0 bridgehead atoms. The largest absolute Gasteiger partial charge is 0.386 e. The molecule has 0 aromatic carbocycles. The topological polar surface area (TPSA) is 109 Å². The molecule has 1 saturated heterocycles. The van der Waals surface area contributed by atoms with Gasteiger partial charge in [-0.15, -0.1) is 0 Å². The standard InChI is InChI=1S/C12H19N5O2/c13-12(14)17-6-4-16(5-7-17)11(19)8-10(18)9-2-1-3-15-9/h1-3,10,15,18H,4-8H2,(H3,13,14). The Kier molecular flexibility index (Phi) is 4.06. The van der Waals surface area contributed by atoms with E-state index in [1.165, 1.54) is 0 Å². The smallest absolute Gasteiger partial charge is 0.225 e. The molecule has 5 N–H and O–H groups in total. The molecule has 1 aromatic heterocycles. The Morgan fingerprint density at radius 3 is 2.58 bits per heavy atom. The summed E-state index contributed by atoms with van der Waals surface area (Å²) in [5.41, 5.74) is 6.04. The number of guanidine groups is 1. The normalized spacial score (nSPS) is 17.3. The van der Waals surface area contributed by atoms with Crippen LogP contribution in [0.1, 0.15) is 18.2 Å². The molecule has 0 aliphatic carbocycles. The molecule has 1 amide bonds. The SMILES string of the molecule is N=C(N)N1CCN(C(=O)CC(O)c2ccc[nH]2)CC1. The number of aromatic amines is 1. The van der Waals surface area contributed by atoms with Crippen LogP contribution >= 0.6 is 0 Å². The molecule has 1 unspecified atom stereocenters. The quantitative estimate of drug-likeness (QED) is 0.435. The third kappa shape index (κ3) is 3.25. The lowest BCUT2D eigenvalue weighted by Crippen LogP contribution is -2.52. The first-order chi connectivity index (χ1) is 9.08. The van der Waals surface area contributed by atoms with E-state index in [1.54, 1.807) is 28.1 Å². The lowest BCUT2D eigenvalue weighted by atomic mass is 10.1. The molecule has 0 saturated carbocycles. The average Bonchev–Trinajstić information content (AvgIpc) is 2.92. The third-order valence-electron chi connectivity index (χ3n) is 3.32. The van der Waals surface area contributed by atoms with Crippen molar-refractivity contribution in [3.63, 3.8) is 0 Å². The molecule has 0 radical (unpaired) electrons. The highest BCUT2D eigenvalue weighted by Crippen LogP contribution is 2.16. The number of aromatic nitrogens is 1. The number of nitrogens with one attached hydrogen (secondary N) is 2. The van der Waals surface area contributed by atoms with Gasteiger partial charge in [-0.3, -0.25) is 10.2 Å². The fraction of sp³-hybridized carbons (Fsp3) is 0.500. The van der Waals surface area contributed by atoms with Gasteiger partial charge < -0.3 is 25.6 Å². The number of rotatable bonds is 3. The number of nitrogens with zero attached hydrogens (tertiary/aromatic N) is 2. The van der Waals surface area contributed by atoms with Gasteiger partial charge in [0.15, 0.2) is 5.96 Å². The van der Waals surface area contributed by atoms with Crippen molar-refractivity contribution in [2.24, 2.45) is 5.73 Å². The van der Waals surface area contributed by atoms with E-state index in [1.807, 2.05) is 0 Å². The highest BCUT2D eigenvalue weighted by atomic mass is 16.3. The van der Waals surface area contributed by atoms with Crippen LogP contribution in [0.25, 0.3) is 0 Å². The van der Waals surface area contributed by atoms with Crippen LogP contribution in [0.15, 0.2) is 18.3 Å². The Morgan fingerprint density at radius 1 is 1.42 bits per heavy atom. The van der Waals surface area contributed by atoms with E-state index in [-0.39, 0.29) is 18.3 Å². The summed E-state index contributed by atoms with van der Waals surface area (Å²) >= 11 is 0. The number of H-pyrrole nitrogens is 1. The highest BCUT2D eigenvalue weighted by molar-refractivity contribution is 5.78. The maximum absolute atomic E-state index is 12.0. The summed E-state index contributed by atoms with van der Waals surface area (Å²) in [6, 6.07) is 3.54. The van der Waals surface area contributed by atoms with Gasteiger partial charge in [-0.05, 0) is 12.1 Å². The van der Waals surface area contributed by atoms with Gasteiger partial charge in [0.25, 0.3) is 0 Å². The number of piperazine rings is 1. The second-order valence-corrected chi connectivity index (χ2v) is 4.60. The number of hydrogen-bond acceptors (Lipinski definition) is 3. The van der Waals surface area contributed by atoms with Crippen LogP contribution < -0.4 is 5.73 Å². The zero-order chi connectivity index (χ0) is 13.8. The minimum Gasteiger partial charge on any atom is -0.386 e. The Bertz CT molecular complexity index is 437. The molecule has 1 fully saturated rings. The van der Waals surface area contributed by atoms with Crippen molar-refractivity contribution in [2.75, 3.05) is 26.2 Å². The Balaban J connectivity index is 1.83. The molecule has 2 heterocycles. The molecule has 7 nitrogen and oxygen atoms in total. The molecule has 19 heavy (non-hydrogen) atoms. The van der Waals surface area contributed by atoms with Gasteiger partial charge in [-0.1, -0.05) is 0 Å². The van der Waals surface area contributed by atoms with Crippen molar-refractivity contribution in [1.82, 2.24) is 14.8 Å². The minimum absolute atomic E-state index is 0.0403. The summed E-state index contributed by atoms with van der Waals surface area (Å²) in [7, 11) is 0. The molecule has 1 atom stereocenters. The molecule has 104 valence electrons. The van der Waals surface area contributed by atoms with E-state index in [4.69, 9.17) is 11.1 Å². The molecule has 7 heteroatoms. The summed E-state index contributed by atoms with van der Waals surface area (Å²) in [6.07, 6.45) is 0.989. The zero-order valence-electron chi connectivity index (χ0n) is 10.7. The number of carbonyl (C=O) groups excluding carboxylic acids is 1. The van der Waals surface area contributed by atoms with Gasteiger partial charge >= 0.3 is 0 Å². The maximum atomic E-state index is 12.0. The van der Waals surface area contributed by atoms with E-state index in [2.05, 4.69) is 4.98 Å². The van der Waals surface area contributed by atoms with Gasteiger partial charge in [0.1, 0.15) is 6.10 Å². The van der Waals surface area contributed by atoms with Crippen LogP contribution in [0, 0.1) is 5.41 Å². The van der Waals surface area contributed by atoms with Gasteiger partial charge in [-0.25, -0.2) is 0 Å². The molecule has 2 rings (SSSR count). The van der Waals surface area contributed by atoms with Crippen LogP contribution in [0.3, 0.4) is 0 Å². The average molecular weight is 265 g/mol. The van der Waals surface area contributed by atoms with E-state index in [9.17, 15) is 9.90 Å². The molecule has 1 aromatic rings. The summed E-state index contributed by atoms with van der Waals surface area (Å²) in [6.45, 7) is 2.21. The number of aliphatic hydroxyl groups is 1. The van der Waals surface area contributed by atoms with Gasteiger partial charge in [0.2, 0.25) is 5.91 Å². The minimum atomic E-state index is -0.798. The zero-order valence-corrected chi connectivity index (χ0v) is 10.7. The van der Waals surface area contributed by atoms with Crippen LogP contribution in [-0.2, 0) is 4.79 Å². The second kappa shape index (κ2) is 5.75. The number of amides is 1. The molecular weight excluding hydrogens is 246 g/mol. The van der Waals surface area contributed by atoms with E-state index in [0.717, 1.165) is 0 Å². The summed E-state index contributed by atoms with van der Waals surface area (Å²) < 4.78 is 0. The van der Waals surface area contributed by atoms with E-state index >= 15 is 0 Å². The molecule has 1 aliphatic rings. The van der Waals surface area contributed by atoms with Crippen molar-refractivity contribution < 1.29 is 9.90 Å². The number of nitrogens with two attached hydrogens (primary N) is 1. The second-order valence-electron chi connectivity index (χ2n) is 4.60. The van der Waals surface area contributed by atoms with Crippen LogP contribution in [0.2, 0.25) is 0 Å². The van der Waals surface area contributed by atoms with Crippen molar-refractivity contribution >= 4 is 11.9 Å². The first kappa shape index (κ1) is 13.4. The molecule has 1 aliphatic heterocycles. The third-order valence-corrected chi connectivity index (χ3v) is 3.32. The number of carbonyl (C=O) groups is 1. The van der Waals surface area contributed by atoms with Gasteiger partial charge in [-0.2, -0.15) is 0 Å². The molecular formula is C12H19N5O2. The number of aliphatic hydroxyl groups excluding tert-OH is 1. The van der Waals surface area contributed by atoms with Crippen LogP contribution in [-0.4, -0.2) is 57.9 Å². The summed E-state index contributed by atoms with van der Waals surface area (Å²) in [4.78, 5) is 18.3.